The standard InChI is InChI=1S/C6H12N2O3/c1-7-4-2-8(6(10)11)3-5(4)9/h4-5,7,9H,2-3H2,1H3,(H,10,11)/t4-,5-/m0/s1. The molecule has 1 amide bonds. The molecule has 1 aliphatic rings. The van der Waals surface area contributed by atoms with Gasteiger partial charge in [-0.25, -0.2) is 4.79 Å². The summed E-state index contributed by atoms with van der Waals surface area (Å²) in [6.45, 7) is 0.577. The lowest BCUT2D eigenvalue weighted by Gasteiger charge is -2.10. The van der Waals surface area contributed by atoms with E-state index in [2.05, 4.69) is 5.32 Å². The number of amides is 1. The van der Waals surface area contributed by atoms with E-state index in [1.807, 2.05) is 0 Å². The predicted molar refractivity (Wildman–Crippen MR) is 38.5 cm³/mol. The molecular weight excluding hydrogens is 148 g/mol. The second kappa shape index (κ2) is 3.06. The highest BCUT2D eigenvalue weighted by atomic mass is 16.4. The summed E-state index contributed by atoms with van der Waals surface area (Å²) in [5.74, 6) is 0. The summed E-state index contributed by atoms with van der Waals surface area (Å²) in [6, 6.07) is -0.119. The molecule has 1 aliphatic heterocycles. The number of hydrogen-bond donors (Lipinski definition) is 3. The molecule has 1 rings (SSSR count). The molecule has 1 fully saturated rings. The van der Waals surface area contributed by atoms with Crippen LogP contribution in [0.4, 0.5) is 4.79 Å². The fraction of sp³-hybridized carbons (Fsp3) is 0.833. The number of likely N-dealkylation sites (tertiary alicyclic amines) is 1. The number of carbonyl (C=O) groups is 1. The number of hydrogen-bond acceptors (Lipinski definition) is 3. The molecule has 0 aromatic heterocycles. The summed E-state index contributed by atoms with van der Waals surface area (Å²) < 4.78 is 0. The van der Waals surface area contributed by atoms with E-state index in [-0.39, 0.29) is 12.6 Å². The van der Waals surface area contributed by atoms with Crippen molar-refractivity contribution in [2.75, 3.05) is 20.1 Å². The highest BCUT2D eigenvalue weighted by molar-refractivity contribution is 5.65. The van der Waals surface area contributed by atoms with Gasteiger partial charge in [0, 0.05) is 6.54 Å². The van der Waals surface area contributed by atoms with E-state index in [1.165, 1.54) is 4.90 Å². The van der Waals surface area contributed by atoms with Gasteiger partial charge in [0.1, 0.15) is 0 Å². The van der Waals surface area contributed by atoms with Crippen LogP contribution < -0.4 is 5.32 Å². The van der Waals surface area contributed by atoms with Crippen molar-refractivity contribution in [2.24, 2.45) is 0 Å². The van der Waals surface area contributed by atoms with E-state index in [0.29, 0.717) is 6.54 Å². The van der Waals surface area contributed by atoms with Crippen molar-refractivity contribution in [3.8, 4) is 0 Å². The molecule has 1 saturated heterocycles. The Labute approximate surface area is 64.6 Å². The Morgan fingerprint density at radius 1 is 1.64 bits per heavy atom. The first kappa shape index (κ1) is 8.29. The first-order valence-corrected chi connectivity index (χ1v) is 3.48. The molecule has 0 aromatic carbocycles. The van der Waals surface area contributed by atoms with Crippen molar-refractivity contribution >= 4 is 6.09 Å². The molecule has 3 N–H and O–H groups in total. The van der Waals surface area contributed by atoms with Gasteiger partial charge in [0.15, 0.2) is 0 Å². The molecular formula is C6H12N2O3. The molecule has 0 radical (unpaired) electrons. The van der Waals surface area contributed by atoms with Crippen molar-refractivity contribution in [1.82, 2.24) is 10.2 Å². The maximum Gasteiger partial charge on any atom is 0.407 e. The number of rotatable bonds is 1. The largest absolute Gasteiger partial charge is 0.465 e. The lowest BCUT2D eigenvalue weighted by molar-refractivity contribution is 0.137. The average Bonchev–Trinajstić information content (AvgIpc) is 2.31. The number of carboxylic acid groups (broad SMARTS) is 1. The molecule has 11 heavy (non-hydrogen) atoms. The first-order chi connectivity index (χ1) is 5.15. The third-order valence-corrected chi connectivity index (χ3v) is 1.93. The van der Waals surface area contributed by atoms with Crippen molar-refractivity contribution in [3.63, 3.8) is 0 Å². The number of nitrogens with one attached hydrogen (secondary N) is 1. The van der Waals surface area contributed by atoms with Crippen molar-refractivity contribution in [3.05, 3.63) is 0 Å². The summed E-state index contributed by atoms with van der Waals surface area (Å²) >= 11 is 0. The fourth-order valence-electron chi connectivity index (χ4n) is 1.23. The minimum Gasteiger partial charge on any atom is -0.465 e. The highest BCUT2D eigenvalue weighted by Gasteiger charge is 2.32. The van der Waals surface area contributed by atoms with Crippen LogP contribution in [0.2, 0.25) is 0 Å². The number of nitrogens with zero attached hydrogens (tertiary/aromatic N) is 1. The van der Waals surface area contributed by atoms with E-state index in [0.717, 1.165) is 0 Å². The second-order valence-electron chi connectivity index (χ2n) is 2.65. The first-order valence-electron chi connectivity index (χ1n) is 3.48. The zero-order valence-electron chi connectivity index (χ0n) is 6.32. The molecule has 64 valence electrons. The maximum absolute atomic E-state index is 10.4. The van der Waals surface area contributed by atoms with Gasteiger partial charge >= 0.3 is 6.09 Å². The summed E-state index contributed by atoms with van der Waals surface area (Å²) in [5, 5.41) is 20.6. The average molecular weight is 160 g/mol. The third-order valence-electron chi connectivity index (χ3n) is 1.93. The zero-order chi connectivity index (χ0) is 8.43. The lowest BCUT2D eigenvalue weighted by Crippen LogP contribution is -2.36. The molecule has 5 heteroatoms. The van der Waals surface area contributed by atoms with Crippen molar-refractivity contribution < 1.29 is 15.0 Å². The Bertz CT molecular complexity index is 162. The van der Waals surface area contributed by atoms with Crippen LogP contribution in [0.1, 0.15) is 0 Å². The number of aliphatic hydroxyl groups excluding tert-OH is 1. The van der Waals surface area contributed by atoms with Gasteiger partial charge in [-0.2, -0.15) is 0 Å². The minimum absolute atomic E-state index is 0.119. The molecule has 5 nitrogen and oxygen atoms in total. The highest BCUT2D eigenvalue weighted by Crippen LogP contribution is 2.09. The van der Waals surface area contributed by atoms with Gasteiger partial charge in [-0.1, -0.05) is 0 Å². The monoisotopic (exact) mass is 160 g/mol. The molecule has 0 aromatic rings. The summed E-state index contributed by atoms with van der Waals surface area (Å²) in [4.78, 5) is 11.6. The molecule has 1 heterocycles. The number of β-amino-alcohol motifs (C(OH)–C–C–N with tert-alkyl or cyclic N) is 1. The number of likely N-dealkylation sites (N-methyl/N-ethyl adjacent to an activating group) is 1. The quantitative estimate of drug-likeness (QED) is 0.456. The Hall–Kier alpha value is -0.810. The van der Waals surface area contributed by atoms with Gasteiger partial charge in [0.05, 0.1) is 18.7 Å². The van der Waals surface area contributed by atoms with Crippen LogP contribution in [0.5, 0.6) is 0 Å². The van der Waals surface area contributed by atoms with E-state index in [9.17, 15) is 9.90 Å². The molecule has 0 saturated carbocycles. The topological polar surface area (TPSA) is 72.8 Å². The smallest absolute Gasteiger partial charge is 0.407 e. The van der Waals surface area contributed by atoms with Crippen LogP contribution in [0.3, 0.4) is 0 Å². The summed E-state index contributed by atoms with van der Waals surface area (Å²) in [7, 11) is 1.71. The Morgan fingerprint density at radius 2 is 2.27 bits per heavy atom. The maximum atomic E-state index is 10.4. The Kier molecular flexibility index (Phi) is 2.31. The van der Waals surface area contributed by atoms with Crippen LogP contribution >= 0.6 is 0 Å². The van der Waals surface area contributed by atoms with E-state index < -0.39 is 12.2 Å². The third kappa shape index (κ3) is 1.61. The van der Waals surface area contributed by atoms with Crippen LogP contribution in [0, 0.1) is 0 Å². The van der Waals surface area contributed by atoms with Gasteiger partial charge in [-0.3, -0.25) is 0 Å². The van der Waals surface area contributed by atoms with E-state index in [1.54, 1.807) is 7.05 Å². The zero-order valence-corrected chi connectivity index (χ0v) is 6.32. The van der Waals surface area contributed by atoms with Crippen molar-refractivity contribution in [2.45, 2.75) is 12.1 Å². The van der Waals surface area contributed by atoms with Crippen LogP contribution in [-0.2, 0) is 0 Å². The van der Waals surface area contributed by atoms with E-state index >= 15 is 0 Å². The van der Waals surface area contributed by atoms with Crippen LogP contribution in [0.15, 0.2) is 0 Å². The lowest BCUT2D eigenvalue weighted by atomic mass is 10.2. The molecule has 0 bridgehead atoms. The normalized spacial score (nSPS) is 30.9. The molecule has 0 spiro atoms. The van der Waals surface area contributed by atoms with Gasteiger partial charge < -0.3 is 20.4 Å². The van der Waals surface area contributed by atoms with Crippen LogP contribution in [0.25, 0.3) is 0 Å². The molecule has 0 unspecified atom stereocenters. The summed E-state index contributed by atoms with van der Waals surface area (Å²) in [6.07, 6.45) is -1.54. The SMILES string of the molecule is CN[C@H]1CN(C(=O)O)C[C@@H]1O. The number of aliphatic hydroxyl groups is 1. The summed E-state index contributed by atoms with van der Waals surface area (Å²) in [5.41, 5.74) is 0. The van der Waals surface area contributed by atoms with Crippen LogP contribution in [-0.4, -0.2) is 53.5 Å². The minimum atomic E-state index is -0.971. The molecule has 2 atom stereocenters. The van der Waals surface area contributed by atoms with Gasteiger partial charge in [-0.15, -0.1) is 0 Å². The van der Waals surface area contributed by atoms with E-state index in [4.69, 9.17) is 5.11 Å². The fourth-order valence-corrected chi connectivity index (χ4v) is 1.23. The van der Waals surface area contributed by atoms with Gasteiger partial charge in [-0.05, 0) is 7.05 Å². The van der Waals surface area contributed by atoms with Gasteiger partial charge in [0.2, 0.25) is 0 Å². The van der Waals surface area contributed by atoms with Crippen molar-refractivity contribution in [1.29, 1.82) is 0 Å². The molecule has 0 aliphatic carbocycles. The Morgan fingerprint density at radius 3 is 2.55 bits per heavy atom. The van der Waals surface area contributed by atoms with Gasteiger partial charge in [0.25, 0.3) is 0 Å². The Balaban J connectivity index is 2.49. The second-order valence-corrected chi connectivity index (χ2v) is 2.65. The predicted octanol–water partition coefficient (Wildman–Crippen LogP) is -1.07.